The fourth-order valence-corrected chi connectivity index (χ4v) is 2.32. The molecule has 4 atom stereocenters. The lowest BCUT2D eigenvalue weighted by Gasteiger charge is -2.45. The molecular weight excluding hydrogens is 343 g/mol. The first kappa shape index (κ1) is 19.0. The van der Waals surface area contributed by atoms with Crippen LogP contribution in [-0.2, 0) is 33.3 Å². The van der Waals surface area contributed by atoms with Crippen LogP contribution in [0.2, 0.25) is 0 Å². The summed E-state index contributed by atoms with van der Waals surface area (Å²) in [6.07, 6.45) is -5.55. The topological polar surface area (TPSA) is 108 Å². The average Bonchev–Trinajstić information content (AvgIpc) is 2.36. The molecule has 8 nitrogen and oxygen atoms in total. The molecule has 10 heteroatoms. The van der Waals surface area contributed by atoms with Gasteiger partial charge in [-0.15, -0.1) is 0 Å². The van der Waals surface area contributed by atoms with Gasteiger partial charge in [0, 0.05) is 20.8 Å². The molecule has 1 aliphatic heterocycles. The van der Waals surface area contributed by atoms with E-state index in [-0.39, 0.29) is 6.61 Å². The van der Waals surface area contributed by atoms with Gasteiger partial charge in [0.1, 0.15) is 12.7 Å². The van der Waals surface area contributed by atoms with Crippen molar-refractivity contribution in [2.24, 2.45) is 0 Å². The minimum atomic E-state index is -2.07. The van der Waals surface area contributed by atoms with Gasteiger partial charge in [0.25, 0.3) is 0 Å². The first-order chi connectivity index (χ1) is 10.1. The number of esters is 3. The second kappa shape index (κ2) is 7.45. The standard InChI is InChI=1S/C12H16Cl2O8/c1-5(15)19-4-8-9(20-6(2)16)10(21-7(3)17)12(13,14)11(18)22-8/h8-11,18H,4H2,1-3H3/t8-,9-,10+,11?/m1/s1. The molecule has 1 saturated heterocycles. The van der Waals surface area contributed by atoms with E-state index < -0.39 is 46.8 Å². The van der Waals surface area contributed by atoms with Gasteiger partial charge in [0.15, 0.2) is 18.5 Å². The molecule has 0 bridgehead atoms. The van der Waals surface area contributed by atoms with Crippen LogP contribution < -0.4 is 0 Å². The molecule has 0 radical (unpaired) electrons. The summed E-state index contributed by atoms with van der Waals surface area (Å²) in [5, 5.41) is 9.85. The monoisotopic (exact) mass is 358 g/mol. The lowest BCUT2D eigenvalue weighted by molar-refractivity contribution is -0.257. The summed E-state index contributed by atoms with van der Waals surface area (Å²) in [6, 6.07) is 0. The van der Waals surface area contributed by atoms with Crippen LogP contribution in [0.25, 0.3) is 0 Å². The van der Waals surface area contributed by atoms with Crippen LogP contribution in [0.4, 0.5) is 0 Å². The van der Waals surface area contributed by atoms with Gasteiger partial charge in [-0.25, -0.2) is 0 Å². The highest BCUT2D eigenvalue weighted by atomic mass is 35.5. The van der Waals surface area contributed by atoms with Gasteiger partial charge in [0.2, 0.25) is 4.33 Å². The van der Waals surface area contributed by atoms with E-state index >= 15 is 0 Å². The highest BCUT2D eigenvalue weighted by molar-refractivity contribution is 6.49. The van der Waals surface area contributed by atoms with Crippen LogP contribution in [-0.4, -0.2) is 58.6 Å². The smallest absolute Gasteiger partial charge is 0.303 e. The molecule has 0 aromatic carbocycles. The zero-order valence-electron chi connectivity index (χ0n) is 12.1. The Bertz CT molecular complexity index is 452. The van der Waals surface area contributed by atoms with Crippen LogP contribution in [0.3, 0.4) is 0 Å². The zero-order chi connectivity index (χ0) is 17.1. The van der Waals surface area contributed by atoms with E-state index in [9.17, 15) is 19.5 Å². The lowest BCUT2D eigenvalue weighted by atomic mass is 10.00. The summed E-state index contributed by atoms with van der Waals surface area (Å²) in [5.74, 6) is -2.09. The van der Waals surface area contributed by atoms with Gasteiger partial charge < -0.3 is 24.1 Å². The van der Waals surface area contributed by atoms with E-state index in [0.717, 1.165) is 20.8 Å². The van der Waals surface area contributed by atoms with E-state index in [2.05, 4.69) is 0 Å². The summed E-state index contributed by atoms with van der Waals surface area (Å²) >= 11 is 11.9. The summed E-state index contributed by atoms with van der Waals surface area (Å²) in [7, 11) is 0. The zero-order valence-corrected chi connectivity index (χ0v) is 13.6. The van der Waals surface area contributed by atoms with Crippen LogP contribution in [0.5, 0.6) is 0 Å². The highest BCUT2D eigenvalue weighted by Gasteiger charge is 2.58. The van der Waals surface area contributed by atoms with Crippen LogP contribution in [0.15, 0.2) is 0 Å². The molecule has 1 fully saturated rings. The number of ether oxygens (including phenoxy) is 4. The quantitative estimate of drug-likeness (QED) is 0.434. The molecule has 1 aliphatic rings. The Hall–Kier alpha value is -1.09. The number of halogens is 2. The normalized spacial score (nSPS) is 30.3. The second-order valence-electron chi connectivity index (χ2n) is 4.61. The van der Waals surface area contributed by atoms with E-state index in [1.165, 1.54) is 0 Å². The molecule has 0 aromatic rings. The summed E-state index contributed by atoms with van der Waals surface area (Å²) in [5.41, 5.74) is 0. The van der Waals surface area contributed by atoms with E-state index in [0.29, 0.717) is 0 Å². The Morgan fingerprint density at radius 3 is 2.09 bits per heavy atom. The van der Waals surface area contributed by atoms with E-state index in [4.69, 9.17) is 42.1 Å². The van der Waals surface area contributed by atoms with Crippen LogP contribution >= 0.6 is 23.2 Å². The molecule has 1 N–H and O–H groups in total. The maximum atomic E-state index is 11.2. The van der Waals surface area contributed by atoms with Crippen molar-refractivity contribution in [3.63, 3.8) is 0 Å². The van der Waals surface area contributed by atoms with Gasteiger partial charge in [0.05, 0.1) is 0 Å². The minimum Gasteiger partial charge on any atom is -0.463 e. The number of aliphatic hydroxyl groups is 1. The SMILES string of the molecule is CC(=O)OC[C@H]1OC(O)C(Cl)(Cl)[C@@H](OC(C)=O)[C@@H]1OC(C)=O. The third kappa shape index (κ3) is 4.70. The molecule has 1 unspecified atom stereocenters. The number of hydrogen-bond donors (Lipinski definition) is 1. The third-order valence-electron chi connectivity index (χ3n) is 2.72. The number of rotatable bonds is 4. The minimum absolute atomic E-state index is 0.355. The molecule has 0 saturated carbocycles. The van der Waals surface area contributed by atoms with Crippen molar-refractivity contribution in [1.29, 1.82) is 0 Å². The molecule has 1 rings (SSSR count). The fraction of sp³-hybridized carbons (Fsp3) is 0.750. The molecule has 1 heterocycles. The fourth-order valence-electron chi connectivity index (χ4n) is 1.88. The van der Waals surface area contributed by atoms with Gasteiger partial charge >= 0.3 is 17.9 Å². The van der Waals surface area contributed by atoms with Crippen LogP contribution in [0.1, 0.15) is 20.8 Å². The van der Waals surface area contributed by atoms with Gasteiger partial charge in [-0.2, -0.15) is 0 Å². The van der Waals surface area contributed by atoms with Crippen molar-refractivity contribution in [2.75, 3.05) is 6.61 Å². The number of aliphatic hydroxyl groups excluding tert-OH is 1. The van der Waals surface area contributed by atoms with Gasteiger partial charge in [-0.3, -0.25) is 14.4 Å². The van der Waals surface area contributed by atoms with Gasteiger partial charge in [-0.05, 0) is 0 Å². The Balaban J connectivity index is 3.07. The predicted octanol–water partition coefficient (Wildman–Crippen LogP) is 0.304. The van der Waals surface area contributed by atoms with E-state index in [1.807, 2.05) is 0 Å². The summed E-state index contributed by atoms with van der Waals surface area (Å²) in [4.78, 5) is 33.4. The molecule has 0 spiro atoms. The van der Waals surface area contributed by atoms with E-state index in [1.54, 1.807) is 0 Å². The number of alkyl halides is 2. The van der Waals surface area contributed by atoms with Crippen molar-refractivity contribution in [3.05, 3.63) is 0 Å². The molecule has 22 heavy (non-hydrogen) atoms. The van der Waals surface area contributed by atoms with Crippen molar-refractivity contribution in [1.82, 2.24) is 0 Å². The molecule has 126 valence electrons. The largest absolute Gasteiger partial charge is 0.463 e. The first-order valence-corrected chi connectivity index (χ1v) is 7.00. The second-order valence-corrected chi connectivity index (χ2v) is 6.05. The molecule has 0 aromatic heterocycles. The maximum absolute atomic E-state index is 11.2. The molecule has 0 aliphatic carbocycles. The number of carbonyl (C=O) groups excluding carboxylic acids is 3. The maximum Gasteiger partial charge on any atom is 0.303 e. The lowest BCUT2D eigenvalue weighted by Crippen LogP contribution is -2.63. The Morgan fingerprint density at radius 2 is 1.64 bits per heavy atom. The third-order valence-corrected chi connectivity index (χ3v) is 3.53. The first-order valence-electron chi connectivity index (χ1n) is 6.24. The number of hydrogen-bond acceptors (Lipinski definition) is 8. The Morgan fingerprint density at radius 1 is 1.09 bits per heavy atom. The predicted molar refractivity (Wildman–Crippen MR) is 73.1 cm³/mol. The molecule has 0 amide bonds. The van der Waals surface area contributed by atoms with Crippen LogP contribution in [0, 0.1) is 0 Å². The highest BCUT2D eigenvalue weighted by Crippen LogP contribution is 2.41. The number of carbonyl (C=O) groups is 3. The van der Waals surface area contributed by atoms with Crippen molar-refractivity contribution in [2.45, 2.75) is 49.7 Å². The summed E-state index contributed by atoms with van der Waals surface area (Å²) in [6.45, 7) is 3.02. The van der Waals surface area contributed by atoms with Gasteiger partial charge in [-0.1, -0.05) is 23.2 Å². The Labute approximate surface area is 136 Å². The average molecular weight is 359 g/mol. The summed E-state index contributed by atoms with van der Waals surface area (Å²) < 4.78 is 17.8. The van der Waals surface area contributed by atoms with Crippen molar-refractivity contribution in [3.8, 4) is 0 Å². The Kier molecular flexibility index (Phi) is 6.42. The molecular formula is C12H16Cl2O8. The van der Waals surface area contributed by atoms with Crippen molar-refractivity contribution < 1.29 is 38.4 Å². The van der Waals surface area contributed by atoms with Crippen molar-refractivity contribution >= 4 is 41.1 Å².